The van der Waals surface area contributed by atoms with Gasteiger partial charge in [0.25, 0.3) is 0 Å². The maximum absolute atomic E-state index is 10.7. The standard InChI is InChI=1S/C7H10N2O/c1-5(10)7-3-6(8-2)4-9-7/h3-4,8-9H,1-2H3. The van der Waals surface area contributed by atoms with Crippen molar-refractivity contribution in [3.8, 4) is 0 Å². The van der Waals surface area contributed by atoms with Gasteiger partial charge in [0.2, 0.25) is 0 Å². The van der Waals surface area contributed by atoms with Gasteiger partial charge in [-0.3, -0.25) is 4.79 Å². The van der Waals surface area contributed by atoms with Crippen LogP contribution in [0.1, 0.15) is 17.4 Å². The van der Waals surface area contributed by atoms with Crippen LogP contribution in [0.4, 0.5) is 5.69 Å². The molecule has 1 aromatic rings. The van der Waals surface area contributed by atoms with Crippen LogP contribution in [-0.4, -0.2) is 17.8 Å². The van der Waals surface area contributed by atoms with Crippen molar-refractivity contribution in [1.82, 2.24) is 4.98 Å². The highest BCUT2D eigenvalue weighted by Gasteiger charge is 2.00. The number of anilines is 1. The minimum absolute atomic E-state index is 0.0569. The van der Waals surface area contributed by atoms with Gasteiger partial charge >= 0.3 is 0 Å². The zero-order valence-electron chi connectivity index (χ0n) is 6.06. The van der Waals surface area contributed by atoms with Crippen LogP contribution in [0.2, 0.25) is 0 Å². The molecule has 3 nitrogen and oxygen atoms in total. The number of hydrogen-bond donors (Lipinski definition) is 2. The van der Waals surface area contributed by atoms with E-state index in [9.17, 15) is 4.79 Å². The van der Waals surface area contributed by atoms with E-state index in [2.05, 4.69) is 10.3 Å². The third-order valence-electron chi connectivity index (χ3n) is 1.35. The van der Waals surface area contributed by atoms with Crippen LogP contribution in [0.15, 0.2) is 12.3 Å². The summed E-state index contributed by atoms with van der Waals surface area (Å²) in [6.45, 7) is 1.53. The molecule has 1 heterocycles. The number of H-pyrrole nitrogens is 1. The molecule has 2 N–H and O–H groups in total. The molecule has 0 aromatic carbocycles. The summed E-state index contributed by atoms with van der Waals surface area (Å²) >= 11 is 0. The van der Waals surface area contributed by atoms with Gasteiger partial charge in [0, 0.05) is 20.2 Å². The van der Waals surface area contributed by atoms with Gasteiger partial charge in [0.05, 0.1) is 11.4 Å². The molecule has 0 radical (unpaired) electrons. The smallest absolute Gasteiger partial charge is 0.176 e. The molecular weight excluding hydrogens is 128 g/mol. The number of nitrogens with one attached hydrogen (secondary N) is 2. The molecule has 54 valence electrons. The van der Waals surface area contributed by atoms with Crippen LogP contribution in [0.5, 0.6) is 0 Å². The zero-order valence-corrected chi connectivity index (χ0v) is 6.06. The summed E-state index contributed by atoms with van der Waals surface area (Å²) in [6, 6.07) is 1.78. The Bertz CT molecular complexity index is 240. The zero-order chi connectivity index (χ0) is 7.56. The summed E-state index contributed by atoms with van der Waals surface area (Å²) < 4.78 is 0. The van der Waals surface area contributed by atoms with Gasteiger partial charge in [-0.2, -0.15) is 0 Å². The van der Waals surface area contributed by atoms with Crippen molar-refractivity contribution < 1.29 is 4.79 Å². The maximum Gasteiger partial charge on any atom is 0.176 e. The van der Waals surface area contributed by atoms with Gasteiger partial charge in [-0.25, -0.2) is 0 Å². The first-order chi connectivity index (χ1) is 4.74. The first-order valence-corrected chi connectivity index (χ1v) is 3.11. The third-order valence-corrected chi connectivity index (χ3v) is 1.35. The summed E-state index contributed by atoms with van der Waals surface area (Å²) in [5.41, 5.74) is 1.58. The van der Waals surface area contributed by atoms with Crippen LogP contribution in [0.25, 0.3) is 0 Å². The lowest BCUT2D eigenvalue weighted by Crippen LogP contribution is -1.90. The first-order valence-electron chi connectivity index (χ1n) is 3.11. The molecule has 0 bridgehead atoms. The minimum Gasteiger partial charge on any atom is -0.387 e. The molecule has 0 atom stereocenters. The predicted octanol–water partition coefficient (Wildman–Crippen LogP) is 1.26. The molecule has 0 fully saturated rings. The SMILES string of the molecule is CNc1c[nH]c(C(C)=O)c1. The number of ketones is 1. The molecule has 0 unspecified atom stereocenters. The van der Waals surface area contributed by atoms with E-state index in [0.29, 0.717) is 5.69 Å². The van der Waals surface area contributed by atoms with Gasteiger partial charge in [-0.05, 0) is 6.07 Å². The van der Waals surface area contributed by atoms with Crippen LogP contribution < -0.4 is 5.32 Å². The van der Waals surface area contributed by atoms with Crippen LogP contribution in [0.3, 0.4) is 0 Å². The summed E-state index contributed by atoms with van der Waals surface area (Å²) in [4.78, 5) is 13.6. The number of rotatable bonds is 2. The molecule has 1 rings (SSSR count). The molecule has 0 saturated heterocycles. The van der Waals surface area contributed by atoms with Crippen molar-refractivity contribution >= 4 is 11.5 Å². The van der Waals surface area contributed by atoms with E-state index in [0.717, 1.165) is 5.69 Å². The lowest BCUT2D eigenvalue weighted by Gasteiger charge is -1.87. The number of carbonyl (C=O) groups is 1. The average molecular weight is 138 g/mol. The van der Waals surface area contributed by atoms with Crippen molar-refractivity contribution in [2.45, 2.75) is 6.92 Å². The van der Waals surface area contributed by atoms with E-state index >= 15 is 0 Å². The quantitative estimate of drug-likeness (QED) is 0.604. The Labute approximate surface area is 59.4 Å². The van der Waals surface area contributed by atoms with Crippen molar-refractivity contribution in [1.29, 1.82) is 0 Å². The van der Waals surface area contributed by atoms with Crippen molar-refractivity contribution in [3.05, 3.63) is 18.0 Å². The van der Waals surface area contributed by atoms with Crippen molar-refractivity contribution in [3.63, 3.8) is 0 Å². The molecule has 0 aliphatic heterocycles. The normalized spacial score (nSPS) is 9.40. The fraction of sp³-hybridized carbons (Fsp3) is 0.286. The second-order valence-corrected chi connectivity index (χ2v) is 2.11. The van der Waals surface area contributed by atoms with Gasteiger partial charge in [-0.15, -0.1) is 0 Å². The summed E-state index contributed by atoms with van der Waals surface area (Å²) in [7, 11) is 1.81. The topological polar surface area (TPSA) is 44.9 Å². The Morgan fingerprint density at radius 1 is 1.70 bits per heavy atom. The highest BCUT2D eigenvalue weighted by Crippen LogP contribution is 2.07. The molecular formula is C7H10N2O. The molecule has 1 aromatic heterocycles. The average Bonchev–Trinajstić information content (AvgIpc) is 2.34. The van der Waals surface area contributed by atoms with Gasteiger partial charge in [-0.1, -0.05) is 0 Å². The Hall–Kier alpha value is -1.25. The monoisotopic (exact) mass is 138 g/mol. The van der Waals surface area contributed by atoms with Gasteiger partial charge in [0.15, 0.2) is 5.78 Å². The maximum atomic E-state index is 10.7. The Morgan fingerprint density at radius 2 is 2.40 bits per heavy atom. The molecule has 0 saturated carbocycles. The van der Waals surface area contributed by atoms with E-state index < -0.39 is 0 Å². The Morgan fingerprint density at radius 3 is 2.70 bits per heavy atom. The van der Waals surface area contributed by atoms with Crippen LogP contribution >= 0.6 is 0 Å². The summed E-state index contributed by atoms with van der Waals surface area (Å²) in [5.74, 6) is 0.0569. The van der Waals surface area contributed by atoms with E-state index in [1.165, 1.54) is 6.92 Å². The number of aromatic amines is 1. The molecule has 0 aliphatic carbocycles. The molecule has 3 heteroatoms. The highest BCUT2D eigenvalue weighted by molar-refractivity contribution is 5.93. The van der Waals surface area contributed by atoms with E-state index in [-0.39, 0.29) is 5.78 Å². The molecule has 10 heavy (non-hydrogen) atoms. The Kier molecular flexibility index (Phi) is 1.76. The number of Topliss-reactive ketones (excluding diaryl/α,β-unsaturated/α-hetero) is 1. The molecule has 0 aliphatic rings. The molecule has 0 amide bonds. The van der Waals surface area contributed by atoms with Crippen molar-refractivity contribution in [2.75, 3.05) is 12.4 Å². The summed E-state index contributed by atoms with van der Waals surface area (Å²) in [6.07, 6.45) is 1.76. The fourth-order valence-electron chi connectivity index (χ4n) is 0.742. The number of aromatic nitrogens is 1. The van der Waals surface area contributed by atoms with Crippen LogP contribution in [0, 0.1) is 0 Å². The highest BCUT2D eigenvalue weighted by atomic mass is 16.1. The predicted molar refractivity (Wildman–Crippen MR) is 40.3 cm³/mol. The second kappa shape index (κ2) is 2.56. The van der Waals surface area contributed by atoms with Gasteiger partial charge < -0.3 is 10.3 Å². The largest absolute Gasteiger partial charge is 0.387 e. The minimum atomic E-state index is 0.0569. The first kappa shape index (κ1) is 6.86. The van der Waals surface area contributed by atoms with E-state index in [4.69, 9.17) is 0 Å². The van der Waals surface area contributed by atoms with Crippen LogP contribution in [-0.2, 0) is 0 Å². The lowest BCUT2D eigenvalue weighted by atomic mass is 10.3. The lowest BCUT2D eigenvalue weighted by molar-refractivity contribution is 0.101. The van der Waals surface area contributed by atoms with Crippen molar-refractivity contribution in [2.24, 2.45) is 0 Å². The summed E-state index contributed by atoms with van der Waals surface area (Å²) in [5, 5.41) is 2.92. The number of carbonyl (C=O) groups excluding carboxylic acids is 1. The van der Waals surface area contributed by atoms with E-state index in [1.54, 1.807) is 12.3 Å². The Balaban J connectivity index is 2.88. The third kappa shape index (κ3) is 1.18. The fourth-order valence-corrected chi connectivity index (χ4v) is 0.742. The van der Waals surface area contributed by atoms with E-state index in [1.807, 2.05) is 7.05 Å². The molecule has 0 spiro atoms. The number of hydrogen-bond acceptors (Lipinski definition) is 2. The second-order valence-electron chi connectivity index (χ2n) is 2.11. The van der Waals surface area contributed by atoms with Gasteiger partial charge in [0.1, 0.15) is 0 Å².